The number of alkyl halides is 3. The van der Waals surface area contributed by atoms with Gasteiger partial charge in [-0.3, -0.25) is 24.6 Å². The summed E-state index contributed by atoms with van der Waals surface area (Å²) in [6.07, 6.45) is -4.83. The lowest BCUT2D eigenvalue weighted by Gasteiger charge is -2.23. The molecule has 4 rings (SSSR count). The number of hydroxylamine groups is 1. The number of hydrogen-bond acceptors (Lipinski definition) is 7. The summed E-state index contributed by atoms with van der Waals surface area (Å²) in [6, 6.07) is 16.0. The fourth-order valence-corrected chi connectivity index (χ4v) is 4.14. The molecule has 1 saturated heterocycles. The Labute approximate surface area is 231 Å². The fraction of sp³-hybridized carbons (Fsp3) is 0.296. The monoisotopic (exact) mass is 576 g/mol. The second-order valence-corrected chi connectivity index (χ2v) is 9.06. The zero-order chi connectivity index (χ0) is 30.2. The van der Waals surface area contributed by atoms with Crippen molar-refractivity contribution in [2.24, 2.45) is 5.92 Å². The van der Waals surface area contributed by atoms with Crippen LogP contribution in [0, 0.1) is 12.8 Å². The molecule has 0 bridgehead atoms. The summed E-state index contributed by atoms with van der Waals surface area (Å²) in [5, 5.41) is 22.7. The highest BCUT2D eigenvalue weighted by atomic mass is 19.4. The third-order valence-corrected chi connectivity index (χ3v) is 6.12. The lowest BCUT2D eigenvalue weighted by atomic mass is 9.93. The molecule has 2 aromatic carbocycles. The number of carboxylic acids is 1. The first-order chi connectivity index (χ1) is 19.4. The van der Waals surface area contributed by atoms with Gasteiger partial charge >= 0.3 is 12.1 Å². The summed E-state index contributed by atoms with van der Waals surface area (Å²) in [7, 11) is 0. The van der Waals surface area contributed by atoms with E-state index in [0.29, 0.717) is 30.9 Å². The number of aryl methyl sites for hydroxylation is 1. The Morgan fingerprint density at radius 2 is 1.78 bits per heavy atom. The van der Waals surface area contributed by atoms with E-state index in [-0.39, 0.29) is 18.2 Å². The van der Waals surface area contributed by atoms with E-state index in [9.17, 15) is 27.6 Å². The molecule has 0 radical (unpaired) electrons. The third kappa shape index (κ3) is 8.63. The van der Waals surface area contributed by atoms with Crippen LogP contribution < -0.4 is 20.9 Å². The van der Waals surface area contributed by atoms with Gasteiger partial charge in [-0.15, -0.1) is 0 Å². The molecule has 41 heavy (non-hydrogen) atoms. The number of pyridine rings is 1. The highest BCUT2D eigenvalue weighted by Crippen LogP contribution is 2.22. The number of benzene rings is 2. The number of aromatic nitrogens is 1. The van der Waals surface area contributed by atoms with Crippen LogP contribution in [0.1, 0.15) is 34.5 Å². The molecule has 3 aromatic rings. The van der Waals surface area contributed by atoms with E-state index in [2.05, 4.69) is 15.6 Å². The minimum Gasteiger partial charge on any atom is -0.489 e. The van der Waals surface area contributed by atoms with Crippen molar-refractivity contribution >= 4 is 34.6 Å². The highest BCUT2D eigenvalue weighted by Gasteiger charge is 2.38. The van der Waals surface area contributed by atoms with Crippen molar-refractivity contribution in [3.63, 3.8) is 0 Å². The highest BCUT2D eigenvalue weighted by molar-refractivity contribution is 5.95. The summed E-state index contributed by atoms with van der Waals surface area (Å²) in [5.41, 5.74) is 4.82. The van der Waals surface area contributed by atoms with Crippen LogP contribution >= 0.6 is 0 Å². The molecule has 1 aliphatic heterocycles. The van der Waals surface area contributed by atoms with Gasteiger partial charge in [0.15, 0.2) is 0 Å². The maximum Gasteiger partial charge on any atom is 0.490 e. The first-order valence-corrected chi connectivity index (χ1v) is 12.3. The zero-order valence-electron chi connectivity index (χ0n) is 21.7. The van der Waals surface area contributed by atoms with Gasteiger partial charge in [0.2, 0.25) is 11.8 Å². The second-order valence-electron chi connectivity index (χ2n) is 9.06. The lowest BCUT2D eigenvalue weighted by Crippen LogP contribution is -2.46. The molecule has 5 N–H and O–H groups in total. The van der Waals surface area contributed by atoms with Crippen LogP contribution in [0.4, 0.5) is 13.2 Å². The number of fused-ring (bicyclic) bond motifs is 1. The standard InChI is InChI=1S/C25H26N4O5.C2HF3O2/c1-15-12-17(19-4-2-3-5-21(19)27-15)14-34-18-8-6-16(7-9-18)24(31)28-22-10-11-26-23(30)13-20(22)25(32)29-33;3-2(4,5)1(6)7/h2-9,12,20,22,33H,10-11,13-14H2,1H3,(H,26,30)(H,28,31)(H,29,32);(H,6,7)/t20-,22+;/m0./s1. The van der Waals surface area contributed by atoms with Crippen molar-refractivity contribution in [1.29, 1.82) is 0 Å². The largest absolute Gasteiger partial charge is 0.490 e. The number of carbonyl (C=O) groups excluding carboxylic acids is 3. The zero-order valence-corrected chi connectivity index (χ0v) is 21.7. The van der Waals surface area contributed by atoms with Gasteiger partial charge < -0.3 is 20.5 Å². The van der Waals surface area contributed by atoms with Crippen LogP contribution in [0.25, 0.3) is 10.9 Å². The van der Waals surface area contributed by atoms with Crippen LogP contribution in [-0.4, -0.2) is 57.8 Å². The number of carboxylic acid groups (broad SMARTS) is 1. The Morgan fingerprint density at radius 1 is 1.12 bits per heavy atom. The predicted molar refractivity (Wildman–Crippen MR) is 138 cm³/mol. The van der Waals surface area contributed by atoms with E-state index < -0.39 is 30.0 Å². The number of aliphatic carboxylic acids is 1. The van der Waals surface area contributed by atoms with E-state index >= 15 is 0 Å². The Bertz CT molecular complexity index is 1410. The van der Waals surface area contributed by atoms with Gasteiger partial charge in [-0.05, 0) is 49.7 Å². The first kappa shape index (κ1) is 30.8. The molecule has 2 atom stereocenters. The Kier molecular flexibility index (Phi) is 10.2. The molecule has 14 heteroatoms. The van der Waals surface area contributed by atoms with Crippen molar-refractivity contribution in [2.45, 2.75) is 38.6 Å². The van der Waals surface area contributed by atoms with Gasteiger partial charge in [0.05, 0.1) is 11.4 Å². The SMILES string of the molecule is Cc1cc(COc2ccc(C(=O)N[C@@H]3CCNC(=O)C[C@@H]3C(=O)NO)cc2)c2ccccc2n1.O=C(O)C(F)(F)F. The normalized spacial score (nSPS) is 16.9. The van der Waals surface area contributed by atoms with Crippen molar-refractivity contribution in [3.05, 3.63) is 71.4 Å². The molecule has 11 nitrogen and oxygen atoms in total. The van der Waals surface area contributed by atoms with Crippen LogP contribution in [0.5, 0.6) is 5.75 Å². The van der Waals surface area contributed by atoms with Gasteiger partial charge in [0.25, 0.3) is 5.91 Å². The maximum atomic E-state index is 12.8. The summed E-state index contributed by atoms with van der Waals surface area (Å²) in [5.74, 6) is -4.39. The molecule has 2 heterocycles. The van der Waals surface area contributed by atoms with E-state index in [1.165, 1.54) is 0 Å². The number of amides is 3. The van der Waals surface area contributed by atoms with Crippen LogP contribution in [0.2, 0.25) is 0 Å². The molecule has 0 unspecified atom stereocenters. The Hall–Kier alpha value is -4.72. The van der Waals surface area contributed by atoms with Gasteiger partial charge in [-0.2, -0.15) is 13.2 Å². The number of carbonyl (C=O) groups is 4. The van der Waals surface area contributed by atoms with Crippen molar-refractivity contribution < 1.29 is 47.4 Å². The minimum atomic E-state index is -5.08. The summed E-state index contributed by atoms with van der Waals surface area (Å²) in [4.78, 5) is 50.0. The second kappa shape index (κ2) is 13.6. The molecular weight excluding hydrogens is 549 g/mol. The molecule has 3 amide bonds. The molecule has 0 aliphatic carbocycles. The fourth-order valence-electron chi connectivity index (χ4n) is 4.14. The van der Waals surface area contributed by atoms with E-state index in [1.54, 1.807) is 29.7 Å². The summed E-state index contributed by atoms with van der Waals surface area (Å²) < 4.78 is 37.7. The molecule has 1 fully saturated rings. The number of para-hydroxylation sites is 1. The Morgan fingerprint density at radius 3 is 2.41 bits per heavy atom. The van der Waals surface area contributed by atoms with E-state index in [4.69, 9.17) is 19.8 Å². The summed E-state index contributed by atoms with van der Waals surface area (Å²) in [6.45, 7) is 2.63. The lowest BCUT2D eigenvalue weighted by molar-refractivity contribution is -0.192. The number of rotatable bonds is 6. The van der Waals surface area contributed by atoms with Gasteiger partial charge in [-0.25, -0.2) is 10.3 Å². The van der Waals surface area contributed by atoms with Crippen LogP contribution in [0.15, 0.2) is 54.6 Å². The summed E-state index contributed by atoms with van der Waals surface area (Å²) >= 11 is 0. The minimum absolute atomic E-state index is 0.118. The molecular formula is C27H27F3N4O7. The molecule has 0 saturated carbocycles. The van der Waals surface area contributed by atoms with Gasteiger partial charge in [0.1, 0.15) is 12.4 Å². The topological polar surface area (TPSA) is 167 Å². The van der Waals surface area contributed by atoms with E-state index in [1.807, 2.05) is 37.3 Å². The number of hydrogen-bond donors (Lipinski definition) is 5. The Balaban J connectivity index is 0.000000587. The number of nitrogens with zero attached hydrogens (tertiary/aromatic N) is 1. The predicted octanol–water partition coefficient (Wildman–Crippen LogP) is 2.89. The molecule has 218 valence electrons. The number of nitrogens with one attached hydrogen (secondary N) is 3. The van der Waals surface area contributed by atoms with Crippen molar-refractivity contribution in [1.82, 2.24) is 21.1 Å². The van der Waals surface area contributed by atoms with Crippen molar-refractivity contribution in [3.8, 4) is 5.75 Å². The van der Waals surface area contributed by atoms with Crippen molar-refractivity contribution in [2.75, 3.05) is 6.54 Å². The third-order valence-electron chi connectivity index (χ3n) is 6.12. The average molecular weight is 577 g/mol. The number of halogens is 3. The average Bonchev–Trinajstić information content (AvgIpc) is 3.12. The quantitative estimate of drug-likeness (QED) is 0.221. The maximum absolute atomic E-state index is 12.8. The van der Waals surface area contributed by atoms with Gasteiger partial charge in [0, 0.05) is 41.2 Å². The van der Waals surface area contributed by atoms with Gasteiger partial charge in [-0.1, -0.05) is 18.2 Å². The number of ether oxygens (including phenoxy) is 1. The van der Waals surface area contributed by atoms with Crippen LogP contribution in [-0.2, 0) is 21.0 Å². The molecule has 1 aromatic heterocycles. The molecule has 1 aliphatic rings. The van der Waals surface area contributed by atoms with Crippen LogP contribution in [0.3, 0.4) is 0 Å². The van der Waals surface area contributed by atoms with E-state index in [0.717, 1.165) is 22.2 Å². The molecule has 0 spiro atoms. The first-order valence-electron chi connectivity index (χ1n) is 12.3. The smallest absolute Gasteiger partial charge is 0.489 e.